The molecule has 0 spiro atoms. The van der Waals surface area contributed by atoms with Crippen LogP contribution < -0.4 is 10.6 Å². The van der Waals surface area contributed by atoms with E-state index in [4.69, 9.17) is 16.3 Å². The number of aromatic nitrogens is 3. The molecule has 9 nitrogen and oxygen atoms in total. The monoisotopic (exact) mass is 503 g/mol. The van der Waals surface area contributed by atoms with Crippen molar-refractivity contribution in [1.82, 2.24) is 26.0 Å². The summed E-state index contributed by atoms with van der Waals surface area (Å²) in [4.78, 5) is 24.5. The molecule has 11 heteroatoms. The Kier molecular flexibility index (Phi) is 9.71. The smallest absolute Gasteiger partial charge is 0.307 e. The highest BCUT2D eigenvalue weighted by atomic mass is 35.5. The maximum atomic E-state index is 14.2. The van der Waals surface area contributed by atoms with Crippen LogP contribution in [0, 0.1) is 11.7 Å². The molecule has 1 heterocycles. The molecule has 3 rings (SSSR count). The lowest BCUT2D eigenvalue weighted by atomic mass is 9.93. The molecule has 35 heavy (non-hydrogen) atoms. The predicted octanol–water partition coefficient (Wildman–Crippen LogP) is 2.93. The van der Waals surface area contributed by atoms with E-state index in [0.29, 0.717) is 35.7 Å². The van der Waals surface area contributed by atoms with Crippen LogP contribution in [-0.4, -0.2) is 65.2 Å². The molecule has 0 aliphatic carbocycles. The first-order valence-electron chi connectivity index (χ1n) is 11.0. The Hall–Kier alpha value is -3.34. The van der Waals surface area contributed by atoms with Crippen LogP contribution in [0.3, 0.4) is 0 Å². The van der Waals surface area contributed by atoms with E-state index in [1.165, 1.54) is 18.3 Å². The highest BCUT2D eigenvalue weighted by Gasteiger charge is 2.25. The van der Waals surface area contributed by atoms with Crippen molar-refractivity contribution in [3.8, 4) is 11.1 Å². The molecular formula is C24H27ClFN5O4. The van der Waals surface area contributed by atoms with E-state index in [1.807, 2.05) is 12.1 Å². The average Bonchev–Trinajstić information content (AvgIpc) is 3.38. The van der Waals surface area contributed by atoms with Crippen LogP contribution in [0.15, 0.2) is 48.7 Å². The van der Waals surface area contributed by atoms with Gasteiger partial charge in [-0.05, 0) is 42.2 Å². The van der Waals surface area contributed by atoms with Crippen molar-refractivity contribution < 1.29 is 23.8 Å². The van der Waals surface area contributed by atoms with Gasteiger partial charge >= 0.3 is 5.97 Å². The number of carboxylic acid groups (broad SMARTS) is 1. The van der Waals surface area contributed by atoms with Crippen LogP contribution >= 0.6 is 11.6 Å². The second-order valence-electron chi connectivity index (χ2n) is 8.02. The molecule has 0 fully saturated rings. The van der Waals surface area contributed by atoms with E-state index >= 15 is 0 Å². The van der Waals surface area contributed by atoms with Gasteiger partial charge < -0.3 is 20.5 Å². The lowest BCUT2D eigenvalue weighted by Gasteiger charge is -2.23. The third-order valence-corrected chi connectivity index (χ3v) is 5.69. The lowest BCUT2D eigenvalue weighted by molar-refractivity contribution is -0.142. The number of methoxy groups -OCH3 is 1. The van der Waals surface area contributed by atoms with E-state index < -0.39 is 23.8 Å². The molecule has 0 aliphatic heterocycles. The number of H-pyrrole nitrogens is 1. The number of aromatic amines is 1. The number of amides is 1. The predicted molar refractivity (Wildman–Crippen MR) is 129 cm³/mol. The van der Waals surface area contributed by atoms with Crippen LogP contribution in [-0.2, 0) is 16.0 Å². The highest BCUT2D eigenvalue weighted by Crippen LogP contribution is 2.26. The third kappa shape index (κ3) is 7.84. The largest absolute Gasteiger partial charge is 0.481 e. The number of hydrogen-bond acceptors (Lipinski definition) is 6. The molecule has 1 amide bonds. The summed E-state index contributed by atoms with van der Waals surface area (Å²) in [5, 5.41) is 25.9. The molecule has 0 unspecified atom stereocenters. The number of nitrogens with zero attached hydrogens (tertiary/aromatic N) is 2. The SMILES string of the molecule is COCCNC[C@H](C[C@@H](Cc1ccc(-c2cc(Cl)ccc2F)cc1)NC(=O)c1cn[nH]n1)C(=O)O. The van der Waals surface area contributed by atoms with Gasteiger partial charge in [0, 0.05) is 36.8 Å². The van der Waals surface area contributed by atoms with Crippen LogP contribution in [0.4, 0.5) is 4.39 Å². The Morgan fingerprint density at radius 3 is 2.66 bits per heavy atom. The second-order valence-corrected chi connectivity index (χ2v) is 8.46. The van der Waals surface area contributed by atoms with Crippen LogP contribution in [0.1, 0.15) is 22.5 Å². The number of nitrogens with one attached hydrogen (secondary N) is 3. The van der Waals surface area contributed by atoms with Gasteiger partial charge in [-0.3, -0.25) is 9.59 Å². The summed E-state index contributed by atoms with van der Waals surface area (Å²) in [6.07, 6.45) is 1.84. The molecule has 2 aromatic carbocycles. The number of benzene rings is 2. The number of halogens is 2. The minimum absolute atomic E-state index is 0.104. The second kappa shape index (κ2) is 12.9. The highest BCUT2D eigenvalue weighted by molar-refractivity contribution is 6.30. The van der Waals surface area contributed by atoms with Gasteiger partial charge in [0.1, 0.15) is 5.82 Å². The van der Waals surface area contributed by atoms with Gasteiger partial charge in [0.15, 0.2) is 5.69 Å². The van der Waals surface area contributed by atoms with Gasteiger partial charge in [-0.25, -0.2) is 4.39 Å². The fourth-order valence-corrected chi connectivity index (χ4v) is 3.82. The molecule has 1 aromatic heterocycles. The topological polar surface area (TPSA) is 129 Å². The molecule has 4 N–H and O–H groups in total. The molecule has 0 saturated heterocycles. The Labute approximate surface area is 207 Å². The molecule has 186 valence electrons. The number of hydrogen-bond donors (Lipinski definition) is 4. The molecular weight excluding hydrogens is 477 g/mol. The first kappa shape index (κ1) is 26.3. The minimum Gasteiger partial charge on any atom is -0.481 e. The molecule has 0 radical (unpaired) electrons. The standard InChI is InChI=1S/C24H27ClFN5O4/c1-35-9-8-27-13-17(24(33)34)11-19(29-23(32)22-14-28-31-30-22)10-15-2-4-16(5-3-15)20-12-18(25)6-7-21(20)26/h2-7,12,14,17,19,27H,8-11,13H2,1H3,(H,29,32)(H,33,34)(H,28,30,31)/t17-,19+/m0/s1. The molecule has 0 bridgehead atoms. The molecule has 0 saturated carbocycles. The zero-order chi connectivity index (χ0) is 25.2. The van der Waals surface area contributed by atoms with E-state index in [1.54, 1.807) is 25.3 Å². The van der Waals surface area contributed by atoms with Gasteiger partial charge in [0.05, 0.1) is 18.7 Å². The van der Waals surface area contributed by atoms with E-state index in [2.05, 4.69) is 26.0 Å². The number of ether oxygens (including phenoxy) is 1. The Bertz CT molecular complexity index is 1110. The third-order valence-electron chi connectivity index (χ3n) is 5.45. The first-order chi connectivity index (χ1) is 16.9. The van der Waals surface area contributed by atoms with Crippen molar-refractivity contribution in [2.45, 2.75) is 18.9 Å². The summed E-state index contributed by atoms with van der Waals surface area (Å²) in [5.74, 6) is -2.56. The van der Waals surface area contributed by atoms with E-state index in [0.717, 1.165) is 5.56 Å². The molecule has 2 atom stereocenters. The summed E-state index contributed by atoms with van der Waals surface area (Å²) >= 11 is 6.01. The van der Waals surface area contributed by atoms with Gasteiger partial charge in [-0.15, -0.1) is 0 Å². The Balaban J connectivity index is 1.75. The van der Waals surface area contributed by atoms with Crippen molar-refractivity contribution >= 4 is 23.5 Å². The van der Waals surface area contributed by atoms with Gasteiger partial charge in [-0.2, -0.15) is 15.4 Å². The number of carbonyl (C=O) groups excluding carboxylic acids is 1. The van der Waals surface area contributed by atoms with Crippen molar-refractivity contribution in [3.63, 3.8) is 0 Å². The van der Waals surface area contributed by atoms with Gasteiger partial charge in [0.25, 0.3) is 5.91 Å². The molecule has 3 aromatic rings. The normalized spacial score (nSPS) is 12.8. The van der Waals surface area contributed by atoms with Crippen molar-refractivity contribution in [1.29, 1.82) is 0 Å². The zero-order valence-corrected chi connectivity index (χ0v) is 19.9. The Morgan fingerprint density at radius 2 is 2.00 bits per heavy atom. The van der Waals surface area contributed by atoms with Gasteiger partial charge in [-0.1, -0.05) is 35.9 Å². The average molecular weight is 504 g/mol. The summed E-state index contributed by atoms with van der Waals surface area (Å²) < 4.78 is 19.2. The lowest BCUT2D eigenvalue weighted by Crippen LogP contribution is -2.41. The number of carbonyl (C=O) groups is 2. The van der Waals surface area contributed by atoms with E-state index in [-0.39, 0.29) is 24.5 Å². The summed E-state index contributed by atoms with van der Waals surface area (Å²) in [6.45, 7) is 1.19. The van der Waals surface area contributed by atoms with Crippen molar-refractivity contribution in [3.05, 3.63) is 70.8 Å². The number of rotatable bonds is 13. The minimum atomic E-state index is -0.970. The fraction of sp³-hybridized carbons (Fsp3) is 0.333. The van der Waals surface area contributed by atoms with Crippen LogP contribution in [0.2, 0.25) is 5.02 Å². The fourth-order valence-electron chi connectivity index (χ4n) is 3.65. The molecule has 0 aliphatic rings. The number of aliphatic carboxylic acids is 1. The maximum Gasteiger partial charge on any atom is 0.307 e. The summed E-state index contributed by atoms with van der Waals surface area (Å²) in [6, 6.07) is 11.0. The van der Waals surface area contributed by atoms with Gasteiger partial charge in [0.2, 0.25) is 0 Å². The summed E-state index contributed by atoms with van der Waals surface area (Å²) in [7, 11) is 1.57. The Morgan fingerprint density at radius 1 is 1.23 bits per heavy atom. The van der Waals surface area contributed by atoms with Crippen molar-refractivity contribution in [2.75, 3.05) is 26.8 Å². The van der Waals surface area contributed by atoms with Crippen LogP contribution in [0.25, 0.3) is 11.1 Å². The maximum absolute atomic E-state index is 14.2. The number of carboxylic acids is 1. The van der Waals surface area contributed by atoms with Crippen molar-refractivity contribution in [2.24, 2.45) is 5.92 Å². The first-order valence-corrected chi connectivity index (χ1v) is 11.4. The van der Waals surface area contributed by atoms with E-state index in [9.17, 15) is 19.1 Å². The quantitative estimate of drug-likeness (QED) is 0.264. The zero-order valence-electron chi connectivity index (χ0n) is 19.1. The van der Waals surface area contributed by atoms with Crippen LogP contribution in [0.5, 0.6) is 0 Å². The summed E-state index contributed by atoms with van der Waals surface area (Å²) in [5.41, 5.74) is 1.99.